The molecule has 1 aliphatic carbocycles. The number of amides is 1. The minimum Gasteiger partial charge on any atom is -0.491 e. The molecular weight excluding hydrogens is 410 g/mol. The number of benzene rings is 3. The molecule has 7 nitrogen and oxygen atoms in total. The second-order valence-corrected chi connectivity index (χ2v) is 7.30. The molecule has 0 radical (unpaired) electrons. The van der Waals surface area contributed by atoms with Crippen LogP contribution >= 0.6 is 0 Å². The zero-order valence-electron chi connectivity index (χ0n) is 17.5. The van der Waals surface area contributed by atoms with E-state index in [9.17, 15) is 14.7 Å². The van der Waals surface area contributed by atoms with Crippen LogP contribution in [0.4, 0.5) is 10.5 Å². The van der Waals surface area contributed by atoms with Gasteiger partial charge >= 0.3 is 12.1 Å². The van der Waals surface area contributed by atoms with Crippen molar-refractivity contribution in [3.63, 3.8) is 0 Å². The number of anilines is 1. The smallest absolute Gasteiger partial charge is 0.411 e. The van der Waals surface area contributed by atoms with Crippen LogP contribution in [0.3, 0.4) is 0 Å². The summed E-state index contributed by atoms with van der Waals surface area (Å²) in [5.74, 6) is -0.891. The summed E-state index contributed by atoms with van der Waals surface area (Å²) < 4.78 is 15.9. The van der Waals surface area contributed by atoms with Crippen molar-refractivity contribution in [2.45, 2.75) is 5.92 Å². The molecule has 0 saturated heterocycles. The number of hydrogen-bond donors (Lipinski definition) is 2. The lowest BCUT2D eigenvalue weighted by Gasteiger charge is -2.15. The van der Waals surface area contributed by atoms with Crippen molar-refractivity contribution in [3.05, 3.63) is 83.4 Å². The number of ether oxygens (including phenoxy) is 3. The Morgan fingerprint density at radius 3 is 2.22 bits per heavy atom. The predicted octanol–water partition coefficient (Wildman–Crippen LogP) is 4.77. The van der Waals surface area contributed by atoms with Crippen LogP contribution < -0.4 is 10.1 Å². The first kappa shape index (κ1) is 21.4. The number of hydrogen-bond acceptors (Lipinski definition) is 5. The van der Waals surface area contributed by atoms with E-state index >= 15 is 0 Å². The van der Waals surface area contributed by atoms with Crippen molar-refractivity contribution >= 4 is 17.7 Å². The average Bonchev–Trinajstić information content (AvgIpc) is 3.12. The highest BCUT2D eigenvalue weighted by atomic mass is 16.5. The van der Waals surface area contributed by atoms with Crippen LogP contribution in [-0.4, -0.2) is 44.1 Å². The minimum absolute atomic E-state index is 0.0799. The van der Waals surface area contributed by atoms with Crippen molar-refractivity contribution in [3.8, 4) is 16.9 Å². The van der Waals surface area contributed by atoms with Crippen LogP contribution in [0.2, 0.25) is 0 Å². The molecule has 1 amide bonds. The summed E-state index contributed by atoms with van der Waals surface area (Å²) in [6, 6.07) is 20.5. The van der Waals surface area contributed by atoms with Gasteiger partial charge in [0.25, 0.3) is 0 Å². The Morgan fingerprint density at radius 1 is 0.938 bits per heavy atom. The van der Waals surface area contributed by atoms with Crippen molar-refractivity contribution in [1.29, 1.82) is 0 Å². The predicted molar refractivity (Wildman–Crippen MR) is 119 cm³/mol. The number of carbonyl (C=O) groups is 2. The second-order valence-electron chi connectivity index (χ2n) is 7.30. The molecule has 4 rings (SSSR count). The minimum atomic E-state index is -1.18. The molecule has 32 heavy (non-hydrogen) atoms. The van der Waals surface area contributed by atoms with Crippen LogP contribution in [0.5, 0.6) is 5.75 Å². The maximum absolute atomic E-state index is 12.5. The number of carboxylic acids is 1. The van der Waals surface area contributed by atoms with Crippen molar-refractivity contribution in [1.82, 2.24) is 0 Å². The van der Waals surface area contributed by atoms with E-state index in [1.807, 2.05) is 36.4 Å². The van der Waals surface area contributed by atoms with Gasteiger partial charge in [0.1, 0.15) is 19.0 Å². The van der Waals surface area contributed by atoms with Crippen LogP contribution in [-0.2, 0) is 9.47 Å². The number of carbonyl (C=O) groups excluding carboxylic acids is 1. The third-order valence-electron chi connectivity index (χ3n) is 5.36. The number of methoxy groups -OCH3 is 1. The molecule has 1 aliphatic rings. The fourth-order valence-electron chi connectivity index (χ4n) is 3.89. The van der Waals surface area contributed by atoms with E-state index in [4.69, 9.17) is 14.2 Å². The fourth-order valence-corrected chi connectivity index (χ4v) is 3.89. The molecule has 0 fully saturated rings. The number of fused-ring (bicyclic) bond motifs is 3. The normalized spacial score (nSPS) is 12.0. The highest BCUT2D eigenvalue weighted by molar-refractivity contribution is 5.99. The van der Waals surface area contributed by atoms with E-state index in [0.29, 0.717) is 12.4 Å². The Balaban J connectivity index is 1.45. The largest absolute Gasteiger partial charge is 0.491 e. The Labute approximate surface area is 185 Å². The molecule has 2 N–H and O–H groups in total. The maximum atomic E-state index is 12.5. The summed E-state index contributed by atoms with van der Waals surface area (Å²) >= 11 is 0. The van der Waals surface area contributed by atoms with Gasteiger partial charge < -0.3 is 19.3 Å². The summed E-state index contributed by atoms with van der Waals surface area (Å²) in [4.78, 5) is 24.1. The van der Waals surface area contributed by atoms with Gasteiger partial charge in [-0.1, -0.05) is 48.5 Å². The highest BCUT2D eigenvalue weighted by Gasteiger charge is 2.29. The molecule has 0 heterocycles. The first-order valence-corrected chi connectivity index (χ1v) is 10.2. The molecular formula is C25H23NO6. The van der Waals surface area contributed by atoms with Crippen molar-refractivity contribution in [2.24, 2.45) is 0 Å². The van der Waals surface area contributed by atoms with E-state index in [0.717, 1.165) is 22.3 Å². The SMILES string of the molecule is COCCOc1ccc(NC(=O)OCC2c3ccccc3-c3ccccc32)c(C(=O)O)c1. The average molecular weight is 433 g/mol. The third kappa shape index (κ3) is 4.43. The van der Waals surface area contributed by atoms with Gasteiger partial charge in [0.05, 0.1) is 17.9 Å². The lowest BCUT2D eigenvalue weighted by molar-refractivity contribution is 0.0697. The van der Waals surface area contributed by atoms with Crippen LogP contribution in [0.25, 0.3) is 11.1 Å². The summed E-state index contributed by atoms with van der Waals surface area (Å²) in [6.45, 7) is 0.803. The lowest BCUT2D eigenvalue weighted by atomic mass is 9.98. The Morgan fingerprint density at radius 2 is 1.59 bits per heavy atom. The van der Waals surface area contributed by atoms with Gasteiger partial charge in [0.2, 0.25) is 0 Å². The molecule has 3 aromatic carbocycles. The van der Waals surface area contributed by atoms with Crippen molar-refractivity contribution in [2.75, 3.05) is 32.2 Å². The van der Waals surface area contributed by atoms with Crippen molar-refractivity contribution < 1.29 is 28.9 Å². The standard InChI is InChI=1S/C25H23NO6/c1-30-12-13-31-16-10-11-23(21(14-16)24(27)28)26-25(29)32-15-22-19-8-4-2-6-17(19)18-7-3-5-9-20(18)22/h2-11,14,22H,12-13,15H2,1H3,(H,26,29)(H,27,28). The highest BCUT2D eigenvalue weighted by Crippen LogP contribution is 2.44. The molecule has 0 aliphatic heterocycles. The Bertz CT molecular complexity index is 1100. The molecule has 3 aromatic rings. The molecule has 7 heteroatoms. The molecule has 0 spiro atoms. The lowest BCUT2D eigenvalue weighted by Crippen LogP contribution is -2.19. The van der Waals surface area contributed by atoms with Gasteiger partial charge in [-0.05, 0) is 40.5 Å². The van der Waals surface area contributed by atoms with Gasteiger partial charge in [-0.15, -0.1) is 0 Å². The fraction of sp³-hybridized carbons (Fsp3) is 0.200. The van der Waals surface area contributed by atoms with Crippen LogP contribution in [0, 0.1) is 0 Å². The Kier molecular flexibility index (Phi) is 6.37. The topological polar surface area (TPSA) is 94.1 Å². The van der Waals surface area contributed by atoms with Gasteiger partial charge in [0, 0.05) is 13.0 Å². The van der Waals surface area contributed by atoms with Gasteiger partial charge in [-0.3, -0.25) is 5.32 Å². The first-order valence-electron chi connectivity index (χ1n) is 10.2. The maximum Gasteiger partial charge on any atom is 0.411 e. The van der Waals surface area contributed by atoms with E-state index < -0.39 is 12.1 Å². The molecule has 164 valence electrons. The van der Waals surface area contributed by atoms with Gasteiger partial charge in [-0.25, -0.2) is 9.59 Å². The first-order chi connectivity index (χ1) is 15.6. The summed E-state index contributed by atoms with van der Waals surface area (Å²) in [5, 5.41) is 12.1. The molecule has 0 saturated carbocycles. The van der Waals surface area contributed by atoms with Crippen LogP contribution in [0.1, 0.15) is 27.4 Å². The zero-order valence-corrected chi connectivity index (χ0v) is 17.5. The molecule has 0 bridgehead atoms. The van der Waals surface area contributed by atoms with E-state index in [-0.39, 0.29) is 30.4 Å². The number of carboxylic acid groups (broad SMARTS) is 1. The third-order valence-corrected chi connectivity index (χ3v) is 5.36. The molecule has 0 unspecified atom stereocenters. The second kappa shape index (κ2) is 9.53. The van der Waals surface area contributed by atoms with Gasteiger partial charge in [0.15, 0.2) is 0 Å². The van der Waals surface area contributed by atoms with E-state index in [1.54, 1.807) is 13.2 Å². The van der Waals surface area contributed by atoms with E-state index in [1.165, 1.54) is 12.1 Å². The Hall–Kier alpha value is -3.84. The van der Waals surface area contributed by atoms with Crippen LogP contribution in [0.15, 0.2) is 66.7 Å². The number of rotatable bonds is 8. The van der Waals surface area contributed by atoms with Gasteiger partial charge in [-0.2, -0.15) is 0 Å². The quantitative estimate of drug-likeness (QED) is 0.497. The molecule has 0 atom stereocenters. The summed E-state index contributed by atoms with van der Waals surface area (Å²) in [5.41, 5.74) is 4.52. The summed E-state index contributed by atoms with van der Waals surface area (Å²) in [7, 11) is 1.55. The summed E-state index contributed by atoms with van der Waals surface area (Å²) in [6.07, 6.45) is -0.720. The monoisotopic (exact) mass is 433 g/mol. The van der Waals surface area contributed by atoms with E-state index in [2.05, 4.69) is 17.4 Å². The number of aromatic carboxylic acids is 1. The molecule has 0 aromatic heterocycles. The zero-order chi connectivity index (χ0) is 22.5. The number of nitrogens with one attached hydrogen (secondary N) is 1.